The van der Waals surface area contributed by atoms with Crippen LogP contribution in [0.25, 0.3) is 0 Å². The molecule has 0 aliphatic heterocycles. The average Bonchev–Trinajstić information content (AvgIpc) is 2.27. The largest absolute Gasteiger partial charge is 0.493 e. The molecule has 0 heterocycles. The van der Waals surface area contributed by atoms with Crippen LogP contribution in [0.5, 0.6) is 0 Å². The normalized spacial score (nSPS) is 24.2. The predicted octanol–water partition coefficient (Wildman–Crippen LogP) is 0.613. The summed E-state index contributed by atoms with van der Waals surface area (Å²) >= 11 is 0. The molecule has 1 aliphatic carbocycles. The minimum absolute atomic E-state index is 0.0200. The number of nitrogens with one attached hydrogen (secondary N) is 1. The minimum atomic E-state index is -0.452. The van der Waals surface area contributed by atoms with Crippen LogP contribution in [-0.4, -0.2) is 31.8 Å². The third kappa shape index (κ3) is 2.30. The molecule has 2 atom stereocenters. The van der Waals surface area contributed by atoms with Crippen molar-refractivity contribution < 1.29 is 14.3 Å². The molecule has 0 saturated carbocycles. The second-order valence-corrected chi connectivity index (χ2v) is 3.54. The van der Waals surface area contributed by atoms with Crippen molar-refractivity contribution in [2.24, 2.45) is 11.7 Å². The van der Waals surface area contributed by atoms with Gasteiger partial charge in [-0.2, -0.15) is 0 Å². The lowest BCUT2D eigenvalue weighted by molar-refractivity contribution is -0.111. The molecule has 0 aromatic rings. The first-order valence-electron chi connectivity index (χ1n) is 4.88. The van der Waals surface area contributed by atoms with Gasteiger partial charge in [0.2, 0.25) is 0 Å². The summed E-state index contributed by atoms with van der Waals surface area (Å²) < 4.78 is 10.2. The summed E-state index contributed by atoms with van der Waals surface area (Å²) in [5, 5.41) is 7.66. The summed E-state index contributed by atoms with van der Waals surface area (Å²) in [5.74, 6) is 0.288. The van der Waals surface area contributed by atoms with E-state index in [1.165, 1.54) is 21.1 Å². The second-order valence-electron chi connectivity index (χ2n) is 3.54. The number of ether oxygens (including phenoxy) is 2. The van der Waals surface area contributed by atoms with Crippen molar-refractivity contribution >= 4 is 11.5 Å². The van der Waals surface area contributed by atoms with Crippen molar-refractivity contribution in [3.8, 4) is 0 Å². The van der Waals surface area contributed by atoms with Crippen LogP contribution in [0.4, 0.5) is 0 Å². The van der Waals surface area contributed by atoms with Gasteiger partial charge in [-0.15, -0.1) is 0 Å². The zero-order chi connectivity index (χ0) is 12.3. The van der Waals surface area contributed by atoms with E-state index in [2.05, 4.69) is 0 Å². The molecule has 0 aromatic heterocycles. The SMILES string of the molecule is COC1=CC(N)C(C(=N)C(C)=O)C=C1OC. The molecule has 0 radical (unpaired) electrons. The number of nitrogens with two attached hydrogens (primary N) is 1. The van der Waals surface area contributed by atoms with Crippen LogP contribution in [0.3, 0.4) is 0 Å². The highest BCUT2D eigenvalue weighted by Crippen LogP contribution is 2.24. The molecule has 0 spiro atoms. The van der Waals surface area contributed by atoms with Gasteiger partial charge in [0.25, 0.3) is 0 Å². The fourth-order valence-corrected chi connectivity index (χ4v) is 1.56. The number of methoxy groups -OCH3 is 2. The Morgan fingerprint density at radius 1 is 1.31 bits per heavy atom. The molecule has 0 amide bonds. The second kappa shape index (κ2) is 4.94. The van der Waals surface area contributed by atoms with Gasteiger partial charge in [-0.05, 0) is 12.2 Å². The number of carbonyl (C=O) groups is 1. The monoisotopic (exact) mass is 224 g/mol. The molecule has 1 aliphatic rings. The van der Waals surface area contributed by atoms with Crippen molar-refractivity contribution in [2.45, 2.75) is 13.0 Å². The van der Waals surface area contributed by atoms with E-state index < -0.39 is 12.0 Å². The first-order chi connectivity index (χ1) is 7.51. The fraction of sp³-hybridized carbons (Fsp3) is 0.455. The van der Waals surface area contributed by atoms with Gasteiger partial charge in [0.15, 0.2) is 17.3 Å². The molecule has 16 heavy (non-hydrogen) atoms. The Kier molecular flexibility index (Phi) is 3.84. The summed E-state index contributed by atoms with van der Waals surface area (Å²) in [7, 11) is 3.02. The fourth-order valence-electron chi connectivity index (χ4n) is 1.56. The molecule has 0 bridgehead atoms. The van der Waals surface area contributed by atoms with Gasteiger partial charge < -0.3 is 20.6 Å². The van der Waals surface area contributed by atoms with Crippen LogP contribution in [-0.2, 0) is 14.3 Å². The Hall–Kier alpha value is -1.62. The lowest BCUT2D eigenvalue weighted by atomic mass is 9.88. The third-order valence-corrected chi connectivity index (χ3v) is 2.48. The number of carbonyl (C=O) groups excluding carboxylic acids is 1. The number of rotatable bonds is 4. The van der Waals surface area contributed by atoms with E-state index >= 15 is 0 Å². The van der Waals surface area contributed by atoms with Crippen molar-refractivity contribution in [3.63, 3.8) is 0 Å². The molecule has 0 aromatic carbocycles. The van der Waals surface area contributed by atoms with E-state index in [1.54, 1.807) is 12.2 Å². The lowest BCUT2D eigenvalue weighted by Gasteiger charge is -2.24. The lowest BCUT2D eigenvalue weighted by Crippen LogP contribution is -2.38. The highest BCUT2D eigenvalue weighted by Gasteiger charge is 2.28. The summed E-state index contributed by atoms with van der Waals surface area (Å²) in [6.07, 6.45) is 3.30. The van der Waals surface area contributed by atoms with Crippen LogP contribution >= 0.6 is 0 Å². The zero-order valence-corrected chi connectivity index (χ0v) is 9.61. The quantitative estimate of drug-likeness (QED) is 0.685. The van der Waals surface area contributed by atoms with Crippen LogP contribution in [0.1, 0.15) is 6.92 Å². The summed E-state index contributed by atoms with van der Waals surface area (Å²) in [5.41, 5.74) is 5.83. The maximum absolute atomic E-state index is 11.1. The van der Waals surface area contributed by atoms with E-state index in [4.69, 9.17) is 20.6 Å². The molecule has 5 heteroatoms. The highest BCUT2D eigenvalue weighted by atomic mass is 16.5. The Morgan fingerprint density at radius 2 is 1.81 bits per heavy atom. The molecular weight excluding hydrogens is 208 g/mol. The van der Waals surface area contributed by atoms with Gasteiger partial charge >= 0.3 is 0 Å². The molecule has 0 saturated heterocycles. The summed E-state index contributed by atoms with van der Waals surface area (Å²) in [6.45, 7) is 1.35. The topological polar surface area (TPSA) is 85.4 Å². The molecule has 0 fully saturated rings. The standard InChI is InChI=1S/C11H16N2O3/c1-6(14)11(13)7-4-9(15-2)10(16-3)5-8(7)12/h4-5,7-8,13H,12H2,1-3H3. The van der Waals surface area contributed by atoms with Crippen molar-refractivity contribution in [3.05, 3.63) is 23.7 Å². The van der Waals surface area contributed by atoms with Gasteiger partial charge in [0.05, 0.1) is 19.9 Å². The van der Waals surface area contributed by atoms with Crippen molar-refractivity contribution in [1.29, 1.82) is 5.41 Å². The Bertz CT molecular complexity index is 371. The molecule has 1 rings (SSSR count). The Morgan fingerprint density at radius 3 is 2.25 bits per heavy atom. The number of Topliss-reactive ketones (excluding diaryl/α,β-unsaturated/α-hetero) is 1. The minimum Gasteiger partial charge on any atom is -0.493 e. The first-order valence-corrected chi connectivity index (χ1v) is 4.88. The summed E-state index contributed by atoms with van der Waals surface area (Å²) in [4.78, 5) is 11.1. The summed E-state index contributed by atoms with van der Waals surface area (Å²) in [6, 6.07) is -0.440. The Balaban J connectivity index is 3.00. The molecule has 2 unspecified atom stereocenters. The van der Waals surface area contributed by atoms with Gasteiger partial charge in [-0.25, -0.2) is 0 Å². The van der Waals surface area contributed by atoms with E-state index in [9.17, 15) is 4.79 Å². The number of ketones is 1. The molecular formula is C11H16N2O3. The maximum Gasteiger partial charge on any atom is 0.173 e. The molecule has 3 N–H and O–H groups in total. The van der Waals surface area contributed by atoms with Gasteiger partial charge in [-0.1, -0.05) is 0 Å². The maximum atomic E-state index is 11.1. The van der Waals surface area contributed by atoms with Crippen LogP contribution in [0, 0.1) is 11.3 Å². The van der Waals surface area contributed by atoms with E-state index in [-0.39, 0.29) is 11.5 Å². The van der Waals surface area contributed by atoms with E-state index in [0.29, 0.717) is 11.5 Å². The number of hydrogen-bond acceptors (Lipinski definition) is 5. The van der Waals surface area contributed by atoms with Crippen LogP contribution in [0.15, 0.2) is 23.7 Å². The number of hydrogen-bond donors (Lipinski definition) is 2. The molecule has 88 valence electrons. The van der Waals surface area contributed by atoms with E-state index in [0.717, 1.165) is 0 Å². The zero-order valence-electron chi connectivity index (χ0n) is 9.61. The van der Waals surface area contributed by atoms with E-state index in [1.807, 2.05) is 0 Å². The van der Waals surface area contributed by atoms with Gasteiger partial charge in [0, 0.05) is 18.9 Å². The Labute approximate surface area is 94.4 Å². The van der Waals surface area contributed by atoms with Crippen LogP contribution in [0.2, 0.25) is 0 Å². The van der Waals surface area contributed by atoms with Gasteiger partial charge in [-0.3, -0.25) is 4.79 Å². The average molecular weight is 224 g/mol. The first kappa shape index (κ1) is 12.4. The third-order valence-electron chi connectivity index (χ3n) is 2.48. The van der Waals surface area contributed by atoms with Gasteiger partial charge in [0.1, 0.15) is 0 Å². The predicted molar refractivity (Wildman–Crippen MR) is 60.1 cm³/mol. The smallest absolute Gasteiger partial charge is 0.173 e. The van der Waals surface area contributed by atoms with Crippen molar-refractivity contribution in [2.75, 3.05) is 14.2 Å². The van der Waals surface area contributed by atoms with Crippen LogP contribution < -0.4 is 5.73 Å². The van der Waals surface area contributed by atoms with Crippen molar-refractivity contribution in [1.82, 2.24) is 0 Å². The molecule has 5 nitrogen and oxygen atoms in total. The highest BCUT2D eigenvalue weighted by molar-refractivity contribution is 6.39.